The normalized spacial score (nSPS) is 10.6. The molecule has 2 heterocycles. The molecule has 2 aromatic heterocycles. The fourth-order valence-electron chi connectivity index (χ4n) is 2.76. The summed E-state index contributed by atoms with van der Waals surface area (Å²) in [5.41, 5.74) is 2.77. The van der Waals surface area contributed by atoms with Gasteiger partial charge in [0.15, 0.2) is 11.5 Å². The van der Waals surface area contributed by atoms with Crippen LogP contribution in [0.25, 0.3) is 0 Å². The third kappa shape index (κ3) is 5.12. The van der Waals surface area contributed by atoms with E-state index in [4.69, 9.17) is 9.47 Å². The van der Waals surface area contributed by atoms with Crippen molar-refractivity contribution in [2.75, 3.05) is 31.4 Å². The van der Waals surface area contributed by atoms with E-state index in [-0.39, 0.29) is 0 Å². The highest BCUT2D eigenvalue weighted by molar-refractivity contribution is 5.60. The van der Waals surface area contributed by atoms with E-state index in [0.29, 0.717) is 24.1 Å². The van der Waals surface area contributed by atoms with Crippen LogP contribution in [0.15, 0.2) is 30.5 Å². The van der Waals surface area contributed by atoms with Crippen LogP contribution in [0.3, 0.4) is 0 Å². The molecule has 0 spiro atoms. The summed E-state index contributed by atoms with van der Waals surface area (Å²) in [5.74, 6) is 3.60. The van der Waals surface area contributed by atoms with Crippen LogP contribution in [0.2, 0.25) is 0 Å². The number of ether oxygens (including phenoxy) is 2. The molecule has 0 amide bonds. The molecule has 0 aliphatic heterocycles. The Balaban J connectivity index is 1.65. The fourth-order valence-corrected chi connectivity index (χ4v) is 2.76. The molecule has 3 rings (SSSR count). The lowest BCUT2D eigenvalue weighted by molar-refractivity contribution is 0.289. The number of nitrogens with zero attached hydrogens (tertiary/aromatic N) is 3. The van der Waals surface area contributed by atoms with Crippen LogP contribution in [0.4, 0.5) is 17.5 Å². The first-order valence-electron chi connectivity index (χ1n) is 9.19. The number of rotatable bonds is 9. The molecule has 0 radical (unpaired) electrons. The van der Waals surface area contributed by atoms with Crippen molar-refractivity contribution in [3.8, 4) is 11.5 Å². The molecule has 0 saturated carbocycles. The number of aryl methyl sites for hydroxylation is 3. The van der Waals surface area contributed by atoms with Gasteiger partial charge in [-0.2, -0.15) is 4.98 Å². The number of aromatic nitrogens is 4. The molecule has 0 bridgehead atoms. The number of hydrogen-bond donors (Lipinski definition) is 3. The highest BCUT2D eigenvalue weighted by atomic mass is 16.5. The van der Waals surface area contributed by atoms with Gasteiger partial charge in [0.2, 0.25) is 5.95 Å². The van der Waals surface area contributed by atoms with Gasteiger partial charge in [0.05, 0.1) is 13.7 Å². The predicted molar refractivity (Wildman–Crippen MR) is 110 cm³/mol. The molecule has 3 N–H and O–H groups in total. The van der Waals surface area contributed by atoms with Gasteiger partial charge in [0, 0.05) is 48.9 Å². The third-order valence-corrected chi connectivity index (χ3v) is 4.10. The van der Waals surface area contributed by atoms with Gasteiger partial charge in [-0.05, 0) is 32.4 Å². The van der Waals surface area contributed by atoms with E-state index in [1.165, 1.54) is 0 Å². The van der Waals surface area contributed by atoms with Gasteiger partial charge in [0.25, 0.3) is 0 Å². The third-order valence-electron chi connectivity index (χ3n) is 4.10. The zero-order valence-electron chi connectivity index (χ0n) is 16.7. The Morgan fingerprint density at radius 3 is 2.68 bits per heavy atom. The van der Waals surface area contributed by atoms with Crippen LogP contribution in [0.5, 0.6) is 11.5 Å². The average molecular weight is 382 g/mol. The molecule has 0 saturated heterocycles. The van der Waals surface area contributed by atoms with E-state index in [2.05, 4.69) is 30.6 Å². The molecular weight excluding hydrogens is 356 g/mol. The molecule has 8 heteroatoms. The van der Waals surface area contributed by atoms with Crippen LogP contribution in [0, 0.1) is 13.8 Å². The van der Waals surface area contributed by atoms with Crippen molar-refractivity contribution in [3.63, 3.8) is 0 Å². The minimum Gasteiger partial charge on any atom is -0.493 e. The maximum Gasteiger partial charge on any atom is 0.229 e. The number of imidazole rings is 1. The van der Waals surface area contributed by atoms with Crippen molar-refractivity contribution in [1.29, 1.82) is 0 Å². The van der Waals surface area contributed by atoms with Gasteiger partial charge >= 0.3 is 0 Å². The molecule has 0 aliphatic rings. The zero-order chi connectivity index (χ0) is 19.9. The summed E-state index contributed by atoms with van der Waals surface area (Å²) >= 11 is 0. The molecule has 8 nitrogen and oxygen atoms in total. The summed E-state index contributed by atoms with van der Waals surface area (Å²) in [6, 6.07) is 7.54. The van der Waals surface area contributed by atoms with Crippen molar-refractivity contribution < 1.29 is 9.47 Å². The second kappa shape index (κ2) is 9.07. The lowest BCUT2D eigenvalue weighted by Crippen LogP contribution is -2.04. The Morgan fingerprint density at radius 2 is 1.96 bits per heavy atom. The predicted octanol–water partition coefficient (Wildman–Crippen LogP) is 3.62. The van der Waals surface area contributed by atoms with E-state index in [1.54, 1.807) is 7.11 Å². The fraction of sp³-hybridized carbons (Fsp3) is 0.350. The highest BCUT2D eigenvalue weighted by Gasteiger charge is 2.08. The number of nitrogens with one attached hydrogen (secondary N) is 3. The largest absolute Gasteiger partial charge is 0.493 e. The topological polar surface area (TPSA) is 97.0 Å². The summed E-state index contributed by atoms with van der Waals surface area (Å²) < 4.78 is 11.4. The SMILES string of the molecule is CNc1cc(C)nc(Nc2ccc(OC)c(OCCCc3ncc(C)[nH]3)c2)n1. The van der Waals surface area contributed by atoms with Crippen LogP contribution in [-0.2, 0) is 6.42 Å². The monoisotopic (exact) mass is 382 g/mol. The van der Waals surface area contributed by atoms with Crippen molar-refractivity contribution in [3.05, 3.63) is 47.7 Å². The Morgan fingerprint density at radius 1 is 1.11 bits per heavy atom. The number of aromatic amines is 1. The quantitative estimate of drug-likeness (QED) is 0.486. The first-order chi connectivity index (χ1) is 13.6. The smallest absolute Gasteiger partial charge is 0.229 e. The van der Waals surface area contributed by atoms with Gasteiger partial charge in [-0.25, -0.2) is 9.97 Å². The first kappa shape index (κ1) is 19.5. The molecule has 148 valence electrons. The van der Waals surface area contributed by atoms with E-state index in [0.717, 1.165) is 41.6 Å². The second-order valence-electron chi connectivity index (χ2n) is 6.42. The average Bonchev–Trinajstić information content (AvgIpc) is 3.10. The van der Waals surface area contributed by atoms with Crippen molar-refractivity contribution >= 4 is 17.5 Å². The Kier molecular flexibility index (Phi) is 6.31. The summed E-state index contributed by atoms with van der Waals surface area (Å²) in [6.07, 6.45) is 3.51. The zero-order valence-corrected chi connectivity index (χ0v) is 16.7. The van der Waals surface area contributed by atoms with E-state index < -0.39 is 0 Å². The Bertz CT molecular complexity index is 925. The summed E-state index contributed by atoms with van der Waals surface area (Å²) in [5, 5.41) is 6.25. The van der Waals surface area contributed by atoms with E-state index in [1.807, 2.05) is 51.4 Å². The van der Waals surface area contributed by atoms with E-state index in [9.17, 15) is 0 Å². The van der Waals surface area contributed by atoms with Gasteiger partial charge in [-0.15, -0.1) is 0 Å². The van der Waals surface area contributed by atoms with Crippen LogP contribution in [0.1, 0.15) is 23.6 Å². The number of anilines is 3. The molecule has 0 aliphatic carbocycles. The maximum atomic E-state index is 5.94. The minimum absolute atomic E-state index is 0.522. The van der Waals surface area contributed by atoms with Crippen molar-refractivity contribution in [1.82, 2.24) is 19.9 Å². The standard InChI is InChI=1S/C20H26N6O2/c1-13-10-19(21-3)26-20(24-13)25-15-7-8-16(27-4)17(11-15)28-9-5-6-18-22-12-14(2)23-18/h7-8,10-12H,5-6,9H2,1-4H3,(H,22,23)(H2,21,24,25,26). The second-order valence-corrected chi connectivity index (χ2v) is 6.42. The highest BCUT2D eigenvalue weighted by Crippen LogP contribution is 2.31. The molecule has 1 aromatic carbocycles. The molecule has 0 atom stereocenters. The first-order valence-corrected chi connectivity index (χ1v) is 9.19. The van der Waals surface area contributed by atoms with Gasteiger partial charge in [-0.3, -0.25) is 0 Å². The molecule has 0 unspecified atom stereocenters. The molecule has 0 fully saturated rings. The van der Waals surface area contributed by atoms with Crippen LogP contribution in [-0.4, -0.2) is 40.7 Å². The van der Waals surface area contributed by atoms with Crippen molar-refractivity contribution in [2.45, 2.75) is 26.7 Å². The lowest BCUT2D eigenvalue weighted by atomic mass is 10.2. The number of benzene rings is 1. The number of hydrogen-bond acceptors (Lipinski definition) is 7. The van der Waals surface area contributed by atoms with Crippen LogP contribution < -0.4 is 20.1 Å². The Hall–Kier alpha value is -3.29. The van der Waals surface area contributed by atoms with Crippen molar-refractivity contribution in [2.24, 2.45) is 0 Å². The molecular formula is C20H26N6O2. The summed E-state index contributed by atoms with van der Waals surface area (Å²) in [4.78, 5) is 16.4. The van der Waals surface area contributed by atoms with Gasteiger partial charge in [0.1, 0.15) is 11.6 Å². The van der Waals surface area contributed by atoms with Gasteiger partial charge < -0.3 is 25.1 Å². The minimum atomic E-state index is 0.522. The number of H-pyrrole nitrogens is 1. The number of methoxy groups -OCH3 is 1. The lowest BCUT2D eigenvalue weighted by Gasteiger charge is -2.13. The van der Waals surface area contributed by atoms with E-state index >= 15 is 0 Å². The maximum absolute atomic E-state index is 5.94. The Labute approximate surface area is 164 Å². The summed E-state index contributed by atoms with van der Waals surface area (Å²) in [6.45, 7) is 4.48. The molecule has 3 aromatic rings. The summed E-state index contributed by atoms with van der Waals surface area (Å²) in [7, 11) is 3.46. The molecule has 28 heavy (non-hydrogen) atoms. The van der Waals surface area contributed by atoms with Gasteiger partial charge in [-0.1, -0.05) is 0 Å². The van der Waals surface area contributed by atoms with Crippen LogP contribution >= 0.6 is 0 Å².